The molecule has 0 heteroatoms. The minimum Gasteiger partial charge on any atom is -0.0622 e. The standard InChI is InChI=1S/C60H44/c1-59(2)54-25-15-13-21-45(54)51-35-40(28-33-55(51)59)57-47-22-10-11-23-48(47)58(50-30-26-38(34-52(50)57)37-16-6-5-7-17-37)49-32-31-41(42-18-8-9-19-43(42)49)39-27-29-46-44-20-12-14-24-53(44)60(3,4)56(46)36-39/h5-36H,1-4H3. The third-order valence-electron chi connectivity index (χ3n) is 14.1. The molecule has 0 radical (unpaired) electrons. The Labute approximate surface area is 352 Å². The Balaban J connectivity index is 1.11. The molecule has 0 aliphatic heterocycles. The average Bonchev–Trinajstić information content (AvgIpc) is 3.66. The monoisotopic (exact) mass is 764 g/mol. The molecule has 10 aromatic carbocycles. The molecule has 0 atom stereocenters. The van der Waals surface area contributed by atoms with E-state index in [1.807, 2.05) is 0 Å². The van der Waals surface area contributed by atoms with E-state index in [4.69, 9.17) is 0 Å². The van der Waals surface area contributed by atoms with Gasteiger partial charge >= 0.3 is 0 Å². The molecule has 0 fully saturated rings. The Morgan fingerprint density at radius 3 is 1.45 bits per heavy atom. The van der Waals surface area contributed by atoms with E-state index in [1.54, 1.807) is 0 Å². The molecule has 0 nitrogen and oxygen atoms in total. The molecular formula is C60H44. The minimum atomic E-state index is -0.0612. The van der Waals surface area contributed by atoms with Crippen molar-refractivity contribution < 1.29 is 0 Å². The van der Waals surface area contributed by atoms with Crippen molar-refractivity contribution in [3.8, 4) is 66.8 Å². The van der Waals surface area contributed by atoms with Crippen LogP contribution in [0.5, 0.6) is 0 Å². The first kappa shape index (κ1) is 35.0. The normalized spacial score (nSPS) is 14.3. The smallest absolute Gasteiger partial charge is 0.0159 e. The second-order valence-electron chi connectivity index (χ2n) is 18.0. The van der Waals surface area contributed by atoms with Crippen LogP contribution < -0.4 is 0 Å². The maximum atomic E-state index is 2.47. The van der Waals surface area contributed by atoms with Crippen molar-refractivity contribution in [2.45, 2.75) is 38.5 Å². The van der Waals surface area contributed by atoms with Gasteiger partial charge in [0.05, 0.1) is 0 Å². The van der Waals surface area contributed by atoms with Crippen LogP contribution in [0.25, 0.3) is 99.1 Å². The highest BCUT2D eigenvalue weighted by Gasteiger charge is 2.36. The molecule has 0 bridgehead atoms. The fourth-order valence-electron chi connectivity index (χ4n) is 11.1. The third kappa shape index (κ3) is 4.91. The second-order valence-corrected chi connectivity index (χ2v) is 18.0. The van der Waals surface area contributed by atoms with Gasteiger partial charge in [-0.15, -0.1) is 0 Å². The van der Waals surface area contributed by atoms with Gasteiger partial charge in [0.25, 0.3) is 0 Å². The lowest BCUT2D eigenvalue weighted by atomic mass is 9.80. The summed E-state index contributed by atoms with van der Waals surface area (Å²) in [6, 6.07) is 73.2. The summed E-state index contributed by atoms with van der Waals surface area (Å²) < 4.78 is 0. The van der Waals surface area contributed by atoms with E-state index >= 15 is 0 Å². The predicted octanol–water partition coefficient (Wildman–Crippen LogP) is 16.4. The van der Waals surface area contributed by atoms with Gasteiger partial charge in [-0.2, -0.15) is 0 Å². The van der Waals surface area contributed by atoms with Gasteiger partial charge in [0.1, 0.15) is 0 Å². The van der Waals surface area contributed by atoms with Gasteiger partial charge in [-0.25, -0.2) is 0 Å². The molecule has 10 aromatic rings. The van der Waals surface area contributed by atoms with Crippen molar-refractivity contribution in [3.05, 3.63) is 216 Å². The van der Waals surface area contributed by atoms with Crippen molar-refractivity contribution in [1.82, 2.24) is 0 Å². The van der Waals surface area contributed by atoms with Gasteiger partial charge in [0, 0.05) is 10.8 Å². The summed E-state index contributed by atoms with van der Waals surface area (Å²) >= 11 is 0. The van der Waals surface area contributed by atoms with E-state index in [9.17, 15) is 0 Å². The molecule has 0 aromatic heterocycles. The number of fused-ring (bicyclic) bond motifs is 9. The van der Waals surface area contributed by atoms with Crippen LogP contribution in [-0.2, 0) is 10.8 Å². The first-order valence-corrected chi connectivity index (χ1v) is 21.3. The van der Waals surface area contributed by atoms with Crippen LogP contribution in [0.15, 0.2) is 194 Å². The maximum absolute atomic E-state index is 2.47. The quantitative estimate of drug-likeness (QED) is 0.157. The zero-order chi connectivity index (χ0) is 40.3. The van der Waals surface area contributed by atoms with Crippen LogP contribution in [0.4, 0.5) is 0 Å². The third-order valence-corrected chi connectivity index (χ3v) is 14.1. The van der Waals surface area contributed by atoms with Gasteiger partial charge in [-0.3, -0.25) is 0 Å². The molecular weight excluding hydrogens is 721 g/mol. The van der Waals surface area contributed by atoms with Crippen molar-refractivity contribution in [2.24, 2.45) is 0 Å². The molecule has 60 heavy (non-hydrogen) atoms. The van der Waals surface area contributed by atoms with Crippen LogP contribution in [0.2, 0.25) is 0 Å². The molecule has 0 heterocycles. The molecule has 284 valence electrons. The lowest BCUT2D eigenvalue weighted by molar-refractivity contribution is 0.660. The molecule has 0 unspecified atom stereocenters. The Bertz CT molecular complexity index is 3410. The summed E-state index contributed by atoms with van der Waals surface area (Å²) in [7, 11) is 0. The zero-order valence-corrected chi connectivity index (χ0v) is 34.5. The topological polar surface area (TPSA) is 0 Å². The summed E-state index contributed by atoms with van der Waals surface area (Å²) in [5, 5.41) is 7.60. The molecule has 2 aliphatic rings. The number of rotatable bonds is 4. The van der Waals surface area contributed by atoms with Gasteiger partial charge in [-0.1, -0.05) is 204 Å². The highest BCUT2D eigenvalue weighted by atomic mass is 14.4. The van der Waals surface area contributed by atoms with Crippen LogP contribution in [0.3, 0.4) is 0 Å². The van der Waals surface area contributed by atoms with E-state index in [0.29, 0.717) is 0 Å². The predicted molar refractivity (Wildman–Crippen MR) is 256 cm³/mol. The van der Waals surface area contributed by atoms with Gasteiger partial charge in [0.2, 0.25) is 0 Å². The first-order valence-electron chi connectivity index (χ1n) is 21.3. The van der Waals surface area contributed by atoms with Crippen molar-refractivity contribution in [1.29, 1.82) is 0 Å². The molecule has 0 spiro atoms. The van der Waals surface area contributed by atoms with Crippen molar-refractivity contribution in [3.63, 3.8) is 0 Å². The largest absolute Gasteiger partial charge is 0.0622 e. The molecule has 0 saturated heterocycles. The Morgan fingerprint density at radius 2 is 0.717 bits per heavy atom. The Hall–Kier alpha value is -7.02. The van der Waals surface area contributed by atoms with Gasteiger partial charge in [0.15, 0.2) is 0 Å². The Morgan fingerprint density at radius 1 is 0.233 bits per heavy atom. The lowest BCUT2D eigenvalue weighted by Gasteiger charge is -2.23. The average molecular weight is 765 g/mol. The van der Waals surface area contributed by atoms with Crippen molar-refractivity contribution in [2.75, 3.05) is 0 Å². The number of hydrogen-bond donors (Lipinski definition) is 0. The van der Waals surface area contributed by atoms with E-state index in [-0.39, 0.29) is 10.8 Å². The zero-order valence-electron chi connectivity index (χ0n) is 34.5. The molecule has 12 rings (SSSR count). The summed E-state index contributed by atoms with van der Waals surface area (Å²) in [6.45, 7) is 9.47. The van der Waals surface area contributed by atoms with E-state index in [2.05, 4.69) is 222 Å². The SMILES string of the molecule is CC1(C)c2ccccc2-c2cc(-c3c4ccccc4c(-c4ccc(-c5ccc6c(c5)C(C)(C)c5ccccc5-6)c5ccccc45)c4ccc(-c5ccccc5)cc34)ccc21. The minimum absolute atomic E-state index is 0.0485. The van der Waals surface area contributed by atoms with Gasteiger partial charge < -0.3 is 0 Å². The highest BCUT2D eigenvalue weighted by molar-refractivity contribution is 6.24. The van der Waals surface area contributed by atoms with E-state index in [0.717, 1.165) is 0 Å². The van der Waals surface area contributed by atoms with Crippen LogP contribution in [0, 0.1) is 0 Å². The summed E-state index contributed by atoms with van der Waals surface area (Å²) in [4.78, 5) is 0. The van der Waals surface area contributed by atoms with E-state index in [1.165, 1.54) is 121 Å². The maximum Gasteiger partial charge on any atom is 0.0159 e. The van der Waals surface area contributed by atoms with Gasteiger partial charge in [-0.05, 0) is 140 Å². The van der Waals surface area contributed by atoms with E-state index < -0.39 is 0 Å². The summed E-state index contributed by atoms with van der Waals surface area (Å²) in [5.74, 6) is 0. The highest BCUT2D eigenvalue weighted by Crippen LogP contribution is 2.53. The Kier molecular flexibility index (Phi) is 7.42. The van der Waals surface area contributed by atoms with Crippen LogP contribution in [0.1, 0.15) is 49.9 Å². The van der Waals surface area contributed by atoms with Crippen LogP contribution >= 0.6 is 0 Å². The molecule has 0 amide bonds. The number of hydrogen-bond acceptors (Lipinski definition) is 0. The fourth-order valence-corrected chi connectivity index (χ4v) is 11.1. The lowest BCUT2D eigenvalue weighted by Crippen LogP contribution is -2.14. The molecule has 0 N–H and O–H groups in total. The van der Waals surface area contributed by atoms with Crippen LogP contribution in [-0.4, -0.2) is 0 Å². The molecule has 2 aliphatic carbocycles. The second kappa shape index (κ2) is 12.7. The summed E-state index contributed by atoms with van der Waals surface area (Å²) in [5.41, 5.74) is 20.9. The van der Waals surface area contributed by atoms with Crippen molar-refractivity contribution >= 4 is 32.3 Å². The molecule has 0 saturated carbocycles. The fraction of sp³-hybridized carbons (Fsp3) is 0.100. The number of benzene rings is 10. The first-order chi connectivity index (χ1) is 29.3. The summed E-state index contributed by atoms with van der Waals surface area (Å²) in [6.07, 6.45) is 0.